The third kappa shape index (κ3) is 2.05. The van der Waals surface area contributed by atoms with Crippen LogP contribution in [0.3, 0.4) is 0 Å². The van der Waals surface area contributed by atoms with E-state index in [9.17, 15) is 0 Å². The number of fused-ring (bicyclic) bond motifs is 1. The molecule has 0 saturated carbocycles. The molecule has 0 aliphatic carbocycles. The summed E-state index contributed by atoms with van der Waals surface area (Å²) in [5, 5.41) is 11.3. The van der Waals surface area contributed by atoms with E-state index in [1.807, 2.05) is 18.2 Å². The van der Waals surface area contributed by atoms with Crippen molar-refractivity contribution in [3.05, 3.63) is 35.6 Å². The molecule has 4 N–H and O–H groups in total. The minimum Gasteiger partial charge on any atom is -0.368 e. The van der Waals surface area contributed by atoms with E-state index in [4.69, 9.17) is 17.3 Å². The van der Waals surface area contributed by atoms with Gasteiger partial charge in [0.05, 0.1) is 11.7 Å². The van der Waals surface area contributed by atoms with E-state index < -0.39 is 0 Å². The van der Waals surface area contributed by atoms with Crippen LogP contribution in [-0.2, 0) is 0 Å². The minimum absolute atomic E-state index is 0.132. The molecular formula is C11H9ClN6. The number of nitrogens with one attached hydrogen (secondary N) is 2. The van der Waals surface area contributed by atoms with Crippen molar-refractivity contribution in [1.29, 1.82) is 0 Å². The topological polar surface area (TPSA) is 92.5 Å². The van der Waals surface area contributed by atoms with Gasteiger partial charge in [0.2, 0.25) is 5.95 Å². The Labute approximate surface area is 107 Å². The molecule has 2 heterocycles. The summed E-state index contributed by atoms with van der Waals surface area (Å²) in [7, 11) is 0. The Morgan fingerprint density at radius 3 is 2.94 bits per heavy atom. The summed E-state index contributed by atoms with van der Waals surface area (Å²) in [6, 6.07) is 7.40. The first-order chi connectivity index (χ1) is 8.70. The molecule has 3 aromatic rings. The summed E-state index contributed by atoms with van der Waals surface area (Å²) >= 11 is 5.81. The smallest absolute Gasteiger partial charge is 0.223 e. The maximum atomic E-state index is 5.81. The molecule has 6 nitrogen and oxygen atoms in total. The quantitative estimate of drug-likeness (QED) is 0.615. The normalized spacial score (nSPS) is 10.7. The summed E-state index contributed by atoms with van der Waals surface area (Å²) in [6.07, 6.45) is 1.76. The average Bonchev–Trinajstić information content (AvgIpc) is 2.74. The number of rotatable bonds is 2. The molecule has 0 aliphatic rings. The molecule has 0 amide bonds. The predicted molar refractivity (Wildman–Crippen MR) is 70.8 cm³/mol. The van der Waals surface area contributed by atoms with E-state index in [2.05, 4.69) is 25.5 Å². The van der Waals surface area contributed by atoms with Crippen molar-refractivity contribution < 1.29 is 0 Å². The number of benzene rings is 1. The summed E-state index contributed by atoms with van der Waals surface area (Å²) in [5.41, 5.74) is 7.32. The molecule has 7 heteroatoms. The number of nitrogens with zero attached hydrogens (tertiary/aromatic N) is 3. The molecule has 0 aliphatic heterocycles. The van der Waals surface area contributed by atoms with E-state index in [0.717, 1.165) is 16.6 Å². The van der Waals surface area contributed by atoms with Gasteiger partial charge in [0.25, 0.3) is 0 Å². The van der Waals surface area contributed by atoms with Gasteiger partial charge in [-0.15, -0.1) is 0 Å². The Morgan fingerprint density at radius 2 is 2.11 bits per heavy atom. The highest BCUT2D eigenvalue weighted by atomic mass is 35.5. The standard InChI is InChI=1S/C11H9ClN6/c12-9-4-10(17-11(13)16-9)15-7-2-1-6-5-14-18-8(6)3-7/h1-5H,(H,14,18)(H3,13,15,16,17). The van der Waals surface area contributed by atoms with Gasteiger partial charge in [-0.05, 0) is 18.2 Å². The van der Waals surface area contributed by atoms with Gasteiger partial charge in [-0.1, -0.05) is 11.6 Å². The van der Waals surface area contributed by atoms with E-state index in [1.54, 1.807) is 12.3 Å². The van der Waals surface area contributed by atoms with Crippen molar-refractivity contribution >= 4 is 40.0 Å². The number of hydrogen-bond acceptors (Lipinski definition) is 5. The molecule has 1 aromatic carbocycles. The molecule has 90 valence electrons. The zero-order valence-electron chi connectivity index (χ0n) is 9.18. The fourth-order valence-corrected chi connectivity index (χ4v) is 1.85. The maximum Gasteiger partial charge on any atom is 0.223 e. The SMILES string of the molecule is Nc1nc(Cl)cc(Nc2ccc3cn[nH]c3c2)n1. The van der Waals surface area contributed by atoms with Crippen LogP contribution in [0.4, 0.5) is 17.5 Å². The van der Waals surface area contributed by atoms with Crippen LogP contribution in [-0.4, -0.2) is 20.2 Å². The zero-order chi connectivity index (χ0) is 12.5. The number of H-pyrrole nitrogens is 1. The molecule has 0 bridgehead atoms. The third-order valence-corrected chi connectivity index (χ3v) is 2.62. The van der Waals surface area contributed by atoms with Crippen molar-refractivity contribution in [3.63, 3.8) is 0 Å². The van der Waals surface area contributed by atoms with Gasteiger partial charge >= 0.3 is 0 Å². The van der Waals surface area contributed by atoms with Crippen molar-refractivity contribution in [2.45, 2.75) is 0 Å². The maximum absolute atomic E-state index is 5.81. The largest absolute Gasteiger partial charge is 0.368 e. The van der Waals surface area contributed by atoms with Crippen molar-refractivity contribution in [1.82, 2.24) is 20.2 Å². The Balaban J connectivity index is 1.95. The van der Waals surface area contributed by atoms with Gasteiger partial charge in [-0.3, -0.25) is 5.10 Å². The summed E-state index contributed by atoms with van der Waals surface area (Å²) < 4.78 is 0. The first kappa shape index (κ1) is 10.8. The van der Waals surface area contributed by atoms with Crippen LogP contribution < -0.4 is 11.1 Å². The van der Waals surface area contributed by atoms with Gasteiger partial charge in [-0.25, -0.2) is 4.98 Å². The molecule has 0 fully saturated rings. The molecule has 2 aromatic heterocycles. The second-order valence-corrected chi connectivity index (χ2v) is 4.12. The fourth-order valence-electron chi connectivity index (χ4n) is 1.66. The van der Waals surface area contributed by atoms with Crippen LogP contribution in [0.15, 0.2) is 30.5 Å². The first-order valence-corrected chi connectivity index (χ1v) is 5.59. The predicted octanol–water partition coefficient (Wildman–Crippen LogP) is 2.33. The third-order valence-electron chi connectivity index (χ3n) is 2.43. The number of hydrogen-bond donors (Lipinski definition) is 3. The first-order valence-electron chi connectivity index (χ1n) is 5.21. The second-order valence-electron chi connectivity index (χ2n) is 3.73. The van der Waals surface area contributed by atoms with Crippen LogP contribution in [0.5, 0.6) is 0 Å². The highest BCUT2D eigenvalue weighted by Gasteiger charge is 2.02. The van der Waals surface area contributed by atoms with Crippen molar-refractivity contribution in [2.75, 3.05) is 11.1 Å². The minimum atomic E-state index is 0.132. The van der Waals surface area contributed by atoms with Gasteiger partial charge in [-0.2, -0.15) is 10.1 Å². The number of nitrogen functional groups attached to an aromatic ring is 1. The van der Waals surface area contributed by atoms with Crippen LogP contribution in [0.1, 0.15) is 0 Å². The highest BCUT2D eigenvalue weighted by Crippen LogP contribution is 2.21. The lowest BCUT2D eigenvalue weighted by atomic mass is 10.2. The van der Waals surface area contributed by atoms with E-state index in [-0.39, 0.29) is 5.95 Å². The molecule has 0 saturated heterocycles. The Morgan fingerprint density at radius 1 is 1.22 bits per heavy atom. The Hall–Kier alpha value is -2.34. The summed E-state index contributed by atoms with van der Waals surface area (Å²) in [5.74, 6) is 0.680. The van der Waals surface area contributed by atoms with Gasteiger partial charge < -0.3 is 11.1 Å². The fraction of sp³-hybridized carbons (Fsp3) is 0. The molecule has 0 spiro atoms. The Bertz CT molecular complexity index is 687. The van der Waals surface area contributed by atoms with Crippen molar-refractivity contribution in [2.24, 2.45) is 0 Å². The lowest BCUT2D eigenvalue weighted by Crippen LogP contribution is -1.99. The number of aromatic nitrogens is 4. The van der Waals surface area contributed by atoms with Crippen LogP contribution in [0, 0.1) is 0 Å². The Kier molecular flexibility index (Phi) is 2.49. The highest BCUT2D eigenvalue weighted by molar-refractivity contribution is 6.29. The van der Waals surface area contributed by atoms with E-state index >= 15 is 0 Å². The zero-order valence-corrected chi connectivity index (χ0v) is 9.94. The van der Waals surface area contributed by atoms with E-state index in [0.29, 0.717) is 11.0 Å². The van der Waals surface area contributed by atoms with E-state index in [1.165, 1.54) is 0 Å². The van der Waals surface area contributed by atoms with Gasteiger partial charge in [0.1, 0.15) is 11.0 Å². The monoisotopic (exact) mass is 260 g/mol. The van der Waals surface area contributed by atoms with Gasteiger partial charge in [0, 0.05) is 17.1 Å². The van der Waals surface area contributed by atoms with Gasteiger partial charge in [0.15, 0.2) is 0 Å². The molecule has 0 radical (unpaired) electrons. The second kappa shape index (κ2) is 4.15. The molecule has 18 heavy (non-hydrogen) atoms. The number of anilines is 3. The van der Waals surface area contributed by atoms with Crippen LogP contribution in [0.2, 0.25) is 5.15 Å². The molecule has 3 rings (SSSR count). The van der Waals surface area contributed by atoms with Crippen LogP contribution in [0.25, 0.3) is 10.9 Å². The van der Waals surface area contributed by atoms with Crippen molar-refractivity contribution in [3.8, 4) is 0 Å². The molecule has 0 unspecified atom stereocenters. The molecular weight excluding hydrogens is 252 g/mol. The number of halogens is 1. The summed E-state index contributed by atoms with van der Waals surface area (Å²) in [4.78, 5) is 7.84. The van der Waals surface area contributed by atoms with Crippen LogP contribution >= 0.6 is 11.6 Å². The lowest BCUT2D eigenvalue weighted by Gasteiger charge is -2.06. The average molecular weight is 261 g/mol. The molecule has 0 atom stereocenters. The lowest BCUT2D eigenvalue weighted by molar-refractivity contribution is 1.12. The number of nitrogens with two attached hydrogens (primary N) is 1. The summed E-state index contributed by atoms with van der Waals surface area (Å²) in [6.45, 7) is 0. The number of aromatic amines is 1.